The first-order valence-electron chi connectivity index (χ1n) is 8.64. The number of amides is 1. The van der Waals surface area contributed by atoms with Crippen LogP contribution in [0, 0.1) is 6.92 Å². The third-order valence-electron chi connectivity index (χ3n) is 4.91. The topological polar surface area (TPSA) is 37.6 Å². The number of hydrogen-bond donors (Lipinski definition) is 0. The van der Waals surface area contributed by atoms with Crippen molar-refractivity contribution < 1.29 is 4.79 Å². The zero-order valence-electron chi connectivity index (χ0n) is 14.3. The van der Waals surface area contributed by atoms with E-state index in [0.29, 0.717) is 5.69 Å². The molecule has 0 unspecified atom stereocenters. The molecule has 0 N–H and O–H groups in total. The molecule has 3 heterocycles. The summed E-state index contributed by atoms with van der Waals surface area (Å²) in [6.45, 7) is 2.80. The largest absolute Gasteiger partial charge is 0.306 e. The van der Waals surface area contributed by atoms with Crippen LogP contribution in [-0.4, -0.2) is 21.8 Å². The van der Waals surface area contributed by atoms with Crippen molar-refractivity contribution >= 4 is 27.9 Å². The summed E-state index contributed by atoms with van der Waals surface area (Å²) in [6.07, 6.45) is 2.87. The van der Waals surface area contributed by atoms with Gasteiger partial charge in [0.15, 0.2) is 4.96 Å². The summed E-state index contributed by atoms with van der Waals surface area (Å²) < 4.78 is 1.92. The number of rotatable bonds is 2. The van der Waals surface area contributed by atoms with Gasteiger partial charge in [-0.1, -0.05) is 48.0 Å². The van der Waals surface area contributed by atoms with E-state index >= 15 is 0 Å². The molecule has 5 rings (SSSR count). The third-order valence-corrected chi connectivity index (χ3v) is 5.75. The maximum atomic E-state index is 13.2. The Balaban J connectivity index is 1.54. The standard InChI is InChI=1S/C21H17N3OS/c1-14-6-8-15(9-7-14)17-12-24-19(13-26-21(24)22-17)20(25)23-11-10-16-4-2-3-5-18(16)23/h2-9,12-13H,10-11H2,1H3. The van der Waals surface area contributed by atoms with Crippen LogP contribution < -0.4 is 4.90 Å². The molecular formula is C21H17N3OS. The van der Waals surface area contributed by atoms with Gasteiger partial charge in [-0.2, -0.15) is 0 Å². The number of aryl methyl sites for hydroxylation is 1. The van der Waals surface area contributed by atoms with Gasteiger partial charge in [-0.3, -0.25) is 9.20 Å². The van der Waals surface area contributed by atoms with Crippen LogP contribution in [0.3, 0.4) is 0 Å². The highest BCUT2D eigenvalue weighted by Crippen LogP contribution is 2.30. The second kappa shape index (κ2) is 5.81. The molecule has 4 aromatic rings. The van der Waals surface area contributed by atoms with Crippen molar-refractivity contribution in [1.29, 1.82) is 0 Å². The van der Waals surface area contributed by atoms with Crippen LogP contribution in [0.1, 0.15) is 21.6 Å². The van der Waals surface area contributed by atoms with E-state index in [0.717, 1.165) is 34.9 Å². The molecule has 4 nitrogen and oxygen atoms in total. The van der Waals surface area contributed by atoms with E-state index in [1.54, 1.807) is 0 Å². The molecule has 2 aromatic heterocycles. The van der Waals surface area contributed by atoms with Crippen molar-refractivity contribution in [3.8, 4) is 11.3 Å². The Morgan fingerprint density at radius 1 is 1.12 bits per heavy atom. The summed E-state index contributed by atoms with van der Waals surface area (Å²) in [5.41, 5.74) is 6.11. The molecule has 0 fully saturated rings. The highest BCUT2D eigenvalue weighted by Gasteiger charge is 2.27. The van der Waals surface area contributed by atoms with Crippen LogP contribution in [0.2, 0.25) is 0 Å². The maximum Gasteiger partial charge on any atom is 0.276 e. The van der Waals surface area contributed by atoms with Crippen molar-refractivity contribution in [1.82, 2.24) is 9.38 Å². The van der Waals surface area contributed by atoms with Crippen LogP contribution >= 0.6 is 11.3 Å². The van der Waals surface area contributed by atoms with Gasteiger partial charge in [0.2, 0.25) is 0 Å². The molecule has 1 amide bonds. The van der Waals surface area contributed by atoms with Crippen LogP contribution in [0.5, 0.6) is 0 Å². The Morgan fingerprint density at radius 3 is 2.77 bits per heavy atom. The molecule has 128 valence electrons. The van der Waals surface area contributed by atoms with Crippen molar-refractivity contribution in [3.05, 3.63) is 76.9 Å². The van der Waals surface area contributed by atoms with E-state index in [1.807, 2.05) is 39.1 Å². The zero-order chi connectivity index (χ0) is 17.7. The van der Waals surface area contributed by atoms with E-state index < -0.39 is 0 Å². The molecule has 0 atom stereocenters. The monoisotopic (exact) mass is 359 g/mol. The molecule has 0 radical (unpaired) electrons. The SMILES string of the molecule is Cc1ccc(-c2cn3c(C(=O)N4CCc5ccccc54)csc3n2)cc1. The number of anilines is 1. The van der Waals surface area contributed by atoms with Crippen LogP contribution in [0.25, 0.3) is 16.2 Å². The predicted octanol–water partition coefficient (Wildman–Crippen LogP) is 4.57. The van der Waals surface area contributed by atoms with Gasteiger partial charge in [0.1, 0.15) is 5.69 Å². The number of hydrogen-bond acceptors (Lipinski definition) is 3. The molecule has 2 aromatic carbocycles. The summed E-state index contributed by atoms with van der Waals surface area (Å²) >= 11 is 1.51. The highest BCUT2D eigenvalue weighted by molar-refractivity contribution is 7.15. The fourth-order valence-corrected chi connectivity index (χ4v) is 4.34. The van der Waals surface area contributed by atoms with Crippen LogP contribution in [0.4, 0.5) is 5.69 Å². The molecule has 5 heteroatoms. The molecule has 0 saturated carbocycles. The average molecular weight is 359 g/mol. The second-order valence-electron chi connectivity index (χ2n) is 6.60. The average Bonchev–Trinajstić information content (AvgIpc) is 3.35. The van der Waals surface area contributed by atoms with Crippen molar-refractivity contribution in [3.63, 3.8) is 0 Å². The molecular weight excluding hydrogens is 342 g/mol. The molecule has 26 heavy (non-hydrogen) atoms. The number of aromatic nitrogens is 2. The molecule has 0 bridgehead atoms. The van der Waals surface area contributed by atoms with Crippen LogP contribution in [-0.2, 0) is 6.42 Å². The lowest BCUT2D eigenvalue weighted by Crippen LogP contribution is -2.29. The lowest BCUT2D eigenvalue weighted by molar-refractivity contribution is 0.0984. The fraction of sp³-hybridized carbons (Fsp3) is 0.143. The van der Waals surface area contributed by atoms with Gasteiger partial charge in [-0.05, 0) is 25.0 Å². The maximum absolute atomic E-state index is 13.2. The zero-order valence-corrected chi connectivity index (χ0v) is 15.2. The molecule has 1 aliphatic rings. The Labute approximate surface area is 155 Å². The van der Waals surface area contributed by atoms with E-state index in [1.165, 1.54) is 22.5 Å². The van der Waals surface area contributed by atoms with Gasteiger partial charge in [0.05, 0.1) is 5.69 Å². The number of nitrogens with zero attached hydrogens (tertiary/aromatic N) is 3. The normalized spacial score (nSPS) is 13.3. The van der Waals surface area contributed by atoms with E-state index in [4.69, 9.17) is 4.98 Å². The van der Waals surface area contributed by atoms with Gasteiger partial charge in [-0.15, -0.1) is 11.3 Å². The number of para-hydroxylation sites is 1. The minimum Gasteiger partial charge on any atom is -0.306 e. The smallest absolute Gasteiger partial charge is 0.276 e. The minimum absolute atomic E-state index is 0.0362. The summed E-state index contributed by atoms with van der Waals surface area (Å²) in [5.74, 6) is 0.0362. The lowest BCUT2D eigenvalue weighted by atomic mass is 10.1. The van der Waals surface area contributed by atoms with Gasteiger partial charge in [0.25, 0.3) is 5.91 Å². The number of thiazole rings is 1. The summed E-state index contributed by atoms with van der Waals surface area (Å²) in [6, 6.07) is 16.4. The number of carbonyl (C=O) groups is 1. The quantitative estimate of drug-likeness (QED) is 0.526. The third kappa shape index (κ3) is 2.35. The molecule has 1 aliphatic heterocycles. The van der Waals surface area contributed by atoms with Gasteiger partial charge >= 0.3 is 0 Å². The predicted molar refractivity (Wildman–Crippen MR) is 105 cm³/mol. The van der Waals surface area contributed by atoms with E-state index in [9.17, 15) is 4.79 Å². The van der Waals surface area contributed by atoms with Crippen molar-refractivity contribution in [2.45, 2.75) is 13.3 Å². The number of benzene rings is 2. The highest BCUT2D eigenvalue weighted by atomic mass is 32.1. The number of imidazole rings is 1. The first kappa shape index (κ1) is 15.3. The Bertz CT molecular complexity index is 1120. The fourth-order valence-electron chi connectivity index (χ4n) is 3.49. The van der Waals surface area contributed by atoms with Gasteiger partial charge < -0.3 is 4.90 Å². The number of carbonyl (C=O) groups excluding carboxylic acids is 1. The van der Waals surface area contributed by atoms with Gasteiger partial charge in [-0.25, -0.2) is 4.98 Å². The second-order valence-corrected chi connectivity index (χ2v) is 7.44. The molecule has 0 aliphatic carbocycles. The van der Waals surface area contributed by atoms with Crippen molar-refractivity contribution in [2.75, 3.05) is 11.4 Å². The van der Waals surface area contributed by atoms with Crippen molar-refractivity contribution in [2.24, 2.45) is 0 Å². The Hall–Kier alpha value is -2.92. The lowest BCUT2D eigenvalue weighted by Gasteiger charge is -2.16. The summed E-state index contributed by atoms with van der Waals surface area (Å²) in [7, 11) is 0. The minimum atomic E-state index is 0.0362. The van der Waals surface area contributed by atoms with E-state index in [-0.39, 0.29) is 5.91 Å². The van der Waals surface area contributed by atoms with Gasteiger partial charge in [0, 0.05) is 29.4 Å². The number of fused-ring (bicyclic) bond motifs is 2. The first-order chi connectivity index (χ1) is 12.7. The van der Waals surface area contributed by atoms with Crippen LogP contribution in [0.15, 0.2) is 60.1 Å². The Kier molecular flexibility index (Phi) is 3.43. The first-order valence-corrected chi connectivity index (χ1v) is 9.52. The van der Waals surface area contributed by atoms with E-state index in [2.05, 4.69) is 37.3 Å². The Morgan fingerprint density at radius 2 is 1.92 bits per heavy atom. The molecule has 0 spiro atoms. The molecule has 0 saturated heterocycles. The summed E-state index contributed by atoms with van der Waals surface area (Å²) in [5, 5.41) is 1.91. The summed E-state index contributed by atoms with van der Waals surface area (Å²) in [4.78, 5) is 20.6.